The van der Waals surface area contributed by atoms with E-state index >= 15 is 0 Å². The summed E-state index contributed by atoms with van der Waals surface area (Å²) in [5.74, 6) is 0.760. The third-order valence-corrected chi connectivity index (χ3v) is 6.10. The maximum Gasteiger partial charge on any atom is 0.193 e. The van der Waals surface area contributed by atoms with E-state index in [4.69, 9.17) is 11.6 Å². The standard InChI is InChI=1S/C15H21ClFN3O2S.HI/c1-18-15(19-8-11-6-7-23(21,22)10-11)20(2)9-12-13(16)4-3-5-14(12)17;/h3-5,11H,6-10H2,1-2H3,(H,18,19);1H. The number of guanidine groups is 1. The van der Waals surface area contributed by atoms with Crippen molar-refractivity contribution in [1.29, 1.82) is 0 Å². The largest absolute Gasteiger partial charge is 0.356 e. The molecule has 0 amide bonds. The Balaban J connectivity index is 0.00000288. The molecule has 0 aromatic heterocycles. The second-order valence-corrected chi connectivity index (χ2v) is 8.39. The van der Waals surface area contributed by atoms with Crippen LogP contribution < -0.4 is 5.32 Å². The zero-order chi connectivity index (χ0) is 17.0. The highest BCUT2D eigenvalue weighted by molar-refractivity contribution is 14.0. The molecule has 136 valence electrons. The van der Waals surface area contributed by atoms with Gasteiger partial charge in [0.25, 0.3) is 0 Å². The summed E-state index contributed by atoms with van der Waals surface area (Å²) < 4.78 is 36.8. The molecule has 1 saturated heterocycles. The summed E-state index contributed by atoms with van der Waals surface area (Å²) in [6.45, 7) is 0.801. The molecule has 0 bridgehead atoms. The van der Waals surface area contributed by atoms with Gasteiger partial charge in [0.1, 0.15) is 5.82 Å². The Morgan fingerprint density at radius 3 is 2.75 bits per heavy atom. The molecule has 1 N–H and O–H groups in total. The van der Waals surface area contributed by atoms with Crippen molar-refractivity contribution < 1.29 is 12.8 Å². The molecule has 0 spiro atoms. The predicted octanol–water partition coefficient (Wildman–Crippen LogP) is 2.54. The van der Waals surface area contributed by atoms with Gasteiger partial charge in [0.15, 0.2) is 15.8 Å². The van der Waals surface area contributed by atoms with Crippen molar-refractivity contribution in [3.8, 4) is 0 Å². The van der Waals surface area contributed by atoms with Crippen LogP contribution in [0.5, 0.6) is 0 Å². The highest BCUT2D eigenvalue weighted by Gasteiger charge is 2.28. The molecule has 1 atom stereocenters. The lowest BCUT2D eigenvalue weighted by Crippen LogP contribution is -2.41. The van der Waals surface area contributed by atoms with E-state index in [0.29, 0.717) is 29.5 Å². The Bertz CT molecular complexity index is 680. The Kier molecular flexibility index (Phi) is 8.21. The minimum Gasteiger partial charge on any atom is -0.356 e. The fourth-order valence-corrected chi connectivity index (χ4v) is 4.73. The van der Waals surface area contributed by atoms with Gasteiger partial charge in [-0.3, -0.25) is 4.99 Å². The lowest BCUT2D eigenvalue weighted by molar-refractivity contribution is 0.451. The minimum absolute atomic E-state index is 0. The number of nitrogens with zero attached hydrogens (tertiary/aromatic N) is 2. The summed E-state index contributed by atoms with van der Waals surface area (Å²) in [6, 6.07) is 4.58. The van der Waals surface area contributed by atoms with Crippen LogP contribution in [0.15, 0.2) is 23.2 Å². The molecule has 0 radical (unpaired) electrons. The van der Waals surface area contributed by atoms with Gasteiger partial charge in [-0.25, -0.2) is 12.8 Å². The van der Waals surface area contributed by atoms with E-state index in [1.807, 2.05) is 0 Å². The van der Waals surface area contributed by atoms with Crippen LogP contribution in [0.2, 0.25) is 5.02 Å². The van der Waals surface area contributed by atoms with Gasteiger partial charge in [0.2, 0.25) is 0 Å². The molecule has 24 heavy (non-hydrogen) atoms. The number of hydrogen-bond acceptors (Lipinski definition) is 3. The lowest BCUT2D eigenvalue weighted by atomic mass is 10.1. The van der Waals surface area contributed by atoms with Crippen LogP contribution in [0.1, 0.15) is 12.0 Å². The topological polar surface area (TPSA) is 61.8 Å². The van der Waals surface area contributed by atoms with E-state index in [0.717, 1.165) is 0 Å². The number of halogens is 3. The molecule has 1 unspecified atom stereocenters. The van der Waals surface area contributed by atoms with Gasteiger partial charge >= 0.3 is 0 Å². The van der Waals surface area contributed by atoms with E-state index in [-0.39, 0.29) is 53.8 Å². The fraction of sp³-hybridized carbons (Fsp3) is 0.533. The summed E-state index contributed by atoms with van der Waals surface area (Å²) in [4.78, 5) is 5.91. The highest BCUT2D eigenvalue weighted by atomic mass is 127. The zero-order valence-electron chi connectivity index (χ0n) is 13.6. The normalized spacial score (nSPS) is 19.7. The summed E-state index contributed by atoms with van der Waals surface area (Å²) in [6.07, 6.45) is 0.662. The SMILES string of the molecule is CN=C(NCC1CCS(=O)(=O)C1)N(C)Cc1c(F)cccc1Cl.I. The zero-order valence-corrected chi connectivity index (χ0v) is 17.5. The summed E-state index contributed by atoms with van der Waals surface area (Å²) >= 11 is 6.04. The van der Waals surface area contributed by atoms with Gasteiger partial charge in [-0.05, 0) is 24.5 Å². The molecule has 2 rings (SSSR count). The number of nitrogens with one attached hydrogen (secondary N) is 1. The monoisotopic (exact) mass is 489 g/mol. The van der Waals surface area contributed by atoms with Gasteiger partial charge < -0.3 is 10.2 Å². The fourth-order valence-electron chi connectivity index (χ4n) is 2.65. The van der Waals surface area contributed by atoms with Gasteiger partial charge in [-0.15, -0.1) is 24.0 Å². The smallest absolute Gasteiger partial charge is 0.193 e. The molecule has 9 heteroatoms. The predicted molar refractivity (Wildman–Crippen MR) is 106 cm³/mol. The number of hydrogen-bond donors (Lipinski definition) is 1. The Morgan fingerprint density at radius 2 is 2.21 bits per heavy atom. The van der Waals surface area contributed by atoms with Crippen LogP contribution in [0, 0.1) is 11.7 Å². The van der Waals surface area contributed by atoms with Gasteiger partial charge in [0.05, 0.1) is 11.5 Å². The first-order valence-electron chi connectivity index (χ1n) is 7.37. The molecule has 1 aromatic carbocycles. The first kappa shape index (κ1) is 21.4. The van der Waals surface area contributed by atoms with Crippen LogP contribution >= 0.6 is 35.6 Å². The first-order chi connectivity index (χ1) is 10.8. The van der Waals surface area contributed by atoms with Gasteiger partial charge in [-0.2, -0.15) is 0 Å². The number of sulfone groups is 1. The summed E-state index contributed by atoms with van der Waals surface area (Å²) in [5, 5.41) is 3.52. The Morgan fingerprint density at radius 1 is 1.50 bits per heavy atom. The van der Waals surface area contributed by atoms with Crippen molar-refractivity contribution in [3.05, 3.63) is 34.6 Å². The summed E-state index contributed by atoms with van der Waals surface area (Å²) in [5.41, 5.74) is 0.406. The van der Waals surface area contributed by atoms with Crippen molar-refractivity contribution in [2.24, 2.45) is 10.9 Å². The quantitative estimate of drug-likeness (QED) is 0.401. The third-order valence-electron chi connectivity index (χ3n) is 3.91. The minimum atomic E-state index is -2.89. The molecule has 1 aliphatic rings. The van der Waals surface area contributed by atoms with E-state index in [1.165, 1.54) is 6.07 Å². The molecule has 0 aliphatic carbocycles. The molecule has 1 aliphatic heterocycles. The number of benzene rings is 1. The van der Waals surface area contributed by atoms with Crippen LogP contribution in [-0.2, 0) is 16.4 Å². The van der Waals surface area contributed by atoms with Crippen LogP contribution in [0.25, 0.3) is 0 Å². The molecule has 0 saturated carbocycles. The van der Waals surface area contributed by atoms with Crippen molar-refractivity contribution >= 4 is 51.4 Å². The van der Waals surface area contributed by atoms with E-state index in [9.17, 15) is 12.8 Å². The van der Waals surface area contributed by atoms with Crippen LogP contribution in [0.4, 0.5) is 4.39 Å². The average molecular weight is 490 g/mol. The molecular formula is C15H22ClFIN3O2S. The second kappa shape index (κ2) is 9.19. The maximum atomic E-state index is 13.9. The Hall–Kier alpha value is -0.610. The van der Waals surface area contributed by atoms with Crippen molar-refractivity contribution in [3.63, 3.8) is 0 Å². The molecular weight excluding hydrogens is 468 g/mol. The third kappa shape index (κ3) is 5.73. The second-order valence-electron chi connectivity index (χ2n) is 5.75. The van der Waals surface area contributed by atoms with Crippen molar-refractivity contribution in [2.75, 3.05) is 32.1 Å². The molecule has 5 nitrogen and oxygen atoms in total. The average Bonchev–Trinajstić information content (AvgIpc) is 2.83. The van der Waals surface area contributed by atoms with E-state index in [1.54, 1.807) is 31.1 Å². The highest BCUT2D eigenvalue weighted by Crippen LogP contribution is 2.21. The lowest BCUT2D eigenvalue weighted by Gasteiger charge is -2.24. The van der Waals surface area contributed by atoms with E-state index in [2.05, 4.69) is 10.3 Å². The molecule has 1 fully saturated rings. The molecule has 1 aromatic rings. The van der Waals surface area contributed by atoms with Crippen LogP contribution in [-0.4, -0.2) is 51.4 Å². The van der Waals surface area contributed by atoms with Crippen molar-refractivity contribution in [2.45, 2.75) is 13.0 Å². The number of aliphatic imine (C=N–C) groups is 1. The van der Waals surface area contributed by atoms with Crippen molar-refractivity contribution in [1.82, 2.24) is 10.2 Å². The first-order valence-corrected chi connectivity index (χ1v) is 9.57. The molecule has 1 heterocycles. The Labute approximate surface area is 164 Å². The van der Waals surface area contributed by atoms with E-state index < -0.39 is 9.84 Å². The van der Waals surface area contributed by atoms with Gasteiger partial charge in [0, 0.05) is 37.8 Å². The van der Waals surface area contributed by atoms with Crippen LogP contribution in [0.3, 0.4) is 0 Å². The van der Waals surface area contributed by atoms with Gasteiger partial charge in [-0.1, -0.05) is 17.7 Å². The number of rotatable bonds is 4. The maximum absolute atomic E-state index is 13.9. The summed E-state index contributed by atoms with van der Waals surface area (Å²) in [7, 11) is 0.523.